The molecule has 0 bridgehead atoms. The number of nitrogens with zero attached hydrogens (tertiary/aromatic N) is 1. The van der Waals surface area contributed by atoms with E-state index in [0.717, 1.165) is 0 Å². The smallest absolute Gasteiger partial charge is 0.387 e. The fourth-order valence-corrected chi connectivity index (χ4v) is 3.50. The molecule has 1 unspecified atom stereocenters. The van der Waals surface area contributed by atoms with Crippen LogP contribution >= 0.6 is 0 Å². The molecule has 1 aliphatic rings. The van der Waals surface area contributed by atoms with E-state index >= 15 is 0 Å². The Labute approximate surface area is 189 Å². The van der Waals surface area contributed by atoms with Gasteiger partial charge in [0.1, 0.15) is 18.1 Å². The first kappa shape index (κ1) is 24.0. The van der Waals surface area contributed by atoms with E-state index < -0.39 is 24.7 Å². The van der Waals surface area contributed by atoms with Crippen molar-refractivity contribution in [1.82, 2.24) is 5.32 Å². The number of halogens is 2. The fraction of sp³-hybridized carbons (Fsp3) is 0.304. The standard InChI is InChI=1S/C23H24F2N2O6/c1-14-19(21(28)32-13-12-30-2)20(17-6-4-5-7-18(17)33-22(24)25)26-23(29)27(14)15-8-10-16(31-3)11-9-15/h4-11,20,22H,12-13H2,1-3H3,(H,26,29). The van der Waals surface area contributed by atoms with Gasteiger partial charge in [0.2, 0.25) is 0 Å². The zero-order valence-electron chi connectivity index (χ0n) is 18.3. The van der Waals surface area contributed by atoms with Crippen LogP contribution in [0.25, 0.3) is 0 Å². The van der Waals surface area contributed by atoms with Gasteiger partial charge in [0.15, 0.2) is 0 Å². The monoisotopic (exact) mass is 462 g/mol. The summed E-state index contributed by atoms with van der Waals surface area (Å²) >= 11 is 0. The third-order valence-corrected chi connectivity index (χ3v) is 5.00. The Kier molecular flexibility index (Phi) is 7.83. The van der Waals surface area contributed by atoms with Gasteiger partial charge in [-0.15, -0.1) is 0 Å². The number of nitrogens with one attached hydrogen (secondary N) is 1. The number of allylic oxidation sites excluding steroid dienone is 1. The second-order valence-corrected chi connectivity index (χ2v) is 6.96. The van der Waals surface area contributed by atoms with E-state index in [4.69, 9.17) is 14.2 Å². The molecule has 1 N–H and O–H groups in total. The van der Waals surface area contributed by atoms with Gasteiger partial charge < -0.3 is 24.3 Å². The van der Waals surface area contributed by atoms with Crippen LogP contribution < -0.4 is 19.7 Å². The number of methoxy groups -OCH3 is 2. The number of alkyl halides is 2. The van der Waals surface area contributed by atoms with Gasteiger partial charge in [0.05, 0.1) is 31.0 Å². The van der Waals surface area contributed by atoms with Gasteiger partial charge in [-0.05, 0) is 37.3 Å². The number of rotatable bonds is 9. The highest BCUT2D eigenvalue weighted by atomic mass is 19.3. The SMILES string of the molecule is COCCOC(=O)C1=C(C)N(c2ccc(OC)cc2)C(=O)NC1c1ccccc1OC(F)F. The molecule has 2 amide bonds. The van der Waals surface area contributed by atoms with Crippen molar-refractivity contribution in [2.45, 2.75) is 19.6 Å². The topological polar surface area (TPSA) is 86.3 Å². The lowest BCUT2D eigenvalue weighted by Gasteiger charge is -2.35. The zero-order valence-corrected chi connectivity index (χ0v) is 18.3. The quantitative estimate of drug-likeness (QED) is 0.447. The lowest BCUT2D eigenvalue weighted by atomic mass is 9.94. The second kappa shape index (κ2) is 10.8. The predicted molar refractivity (Wildman–Crippen MR) is 115 cm³/mol. The summed E-state index contributed by atoms with van der Waals surface area (Å²) in [6, 6.07) is 11.0. The van der Waals surface area contributed by atoms with E-state index in [2.05, 4.69) is 10.1 Å². The van der Waals surface area contributed by atoms with Crippen LogP contribution in [0.2, 0.25) is 0 Å². The number of hydrogen-bond acceptors (Lipinski definition) is 6. The number of esters is 1. The molecule has 0 spiro atoms. The van der Waals surface area contributed by atoms with Crippen LogP contribution in [0.5, 0.6) is 11.5 Å². The molecule has 1 heterocycles. The summed E-state index contributed by atoms with van der Waals surface area (Å²) < 4.78 is 46.0. The summed E-state index contributed by atoms with van der Waals surface area (Å²) in [5, 5.41) is 2.72. The van der Waals surface area contributed by atoms with Crippen LogP contribution in [0.4, 0.5) is 19.3 Å². The molecule has 1 aliphatic heterocycles. The van der Waals surface area contributed by atoms with Crippen molar-refractivity contribution in [1.29, 1.82) is 0 Å². The minimum Gasteiger partial charge on any atom is -0.497 e. The van der Waals surface area contributed by atoms with E-state index in [-0.39, 0.29) is 35.8 Å². The summed E-state index contributed by atoms with van der Waals surface area (Å²) in [4.78, 5) is 27.5. The molecule has 8 nitrogen and oxygen atoms in total. The number of para-hydroxylation sites is 1. The van der Waals surface area contributed by atoms with Crippen LogP contribution in [0.15, 0.2) is 59.8 Å². The Morgan fingerprint density at radius 1 is 1.09 bits per heavy atom. The number of hydrogen-bond donors (Lipinski definition) is 1. The predicted octanol–water partition coefficient (Wildman–Crippen LogP) is 4.03. The summed E-state index contributed by atoms with van der Waals surface area (Å²) in [6.07, 6.45) is 0. The van der Waals surface area contributed by atoms with Crippen LogP contribution in [-0.2, 0) is 14.3 Å². The molecule has 1 atom stereocenters. The molecule has 0 aliphatic carbocycles. The molecule has 0 radical (unpaired) electrons. The number of carbonyl (C=O) groups excluding carboxylic acids is 2. The summed E-state index contributed by atoms with van der Waals surface area (Å²) in [5.74, 6) is -0.293. The Balaban J connectivity index is 2.09. The average Bonchev–Trinajstić information content (AvgIpc) is 2.79. The van der Waals surface area contributed by atoms with Gasteiger partial charge >= 0.3 is 18.6 Å². The Morgan fingerprint density at radius 3 is 2.42 bits per heavy atom. The van der Waals surface area contributed by atoms with Crippen molar-refractivity contribution < 1.29 is 37.3 Å². The largest absolute Gasteiger partial charge is 0.497 e. The molecule has 3 rings (SSSR count). The van der Waals surface area contributed by atoms with Crippen LogP contribution in [0.1, 0.15) is 18.5 Å². The van der Waals surface area contributed by atoms with Gasteiger partial charge in [-0.25, -0.2) is 9.59 Å². The van der Waals surface area contributed by atoms with Crippen LogP contribution in [-0.4, -0.2) is 46.0 Å². The van der Waals surface area contributed by atoms with Crippen molar-refractivity contribution in [3.05, 3.63) is 65.4 Å². The van der Waals surface area contributed by atoms with Crippen molar-refractivity contribution in [3.8, 4) is 11.5 Å². The molecule has 176 valence electrons. The number of amides is 2. The van der Waals surface area contributed by atoms with Gasteiger partial charge in [0, 0.05) is 18.4 Å². The van der Waals surface area contributed by atoms with E-state index in [1.165, 1.54) is 37.3 Å². The normalized spacial score (nSPS) is 16.0. The van der Waals surface area contributed by atoms with Gasteiger partial charge in [0.25, 0.3) is 0 Å². The minimum atomic E-state index is -3.08. The minimum absolute atomic E-state index is 0.0233. The third kappa shape index (κ3) is 5.40. The van der Waals surface area contributed by atoms with E-state index in [0.29, 0.717) is 11.4 Å². The molecule has 2 aromatic rings. The molecular weight excluding hydrogens is 438 g/mol. The molecule has 2 aromatic carbocycles. The van der Waals surface area contributed by atoms with E-state index in [9.17, 15) is 18.4 Å². The number of carbonyl (C=O) groups is 2. The molecular formula is C23H24F2N2O6. The van der Waals surface area contributed by atoms with Crippen molar-refractivity contribution in [2.75, 3.05) is 32.3 Å². The van der Waals surface area contributed by atoms with Crippen LogP contribution in [0, 0.1) is 0 Å². The van der Waals surface area contributed by atoms with Crippen molar-refractivity contribution >= 4 is 17.7 Å². The second-order valence-electron chi connectivity index (χ2n) is 6.96. The Hall–Kier alpha value is -3.66. The number of benzene rings is 2. The lowest BCUT2D eigenvalue weighted by Crippen LogP contribution is -2.48. The Bertz CT molecular complexity index is 1030. The third-order valence-electron chi connectivity index (χ3n) is 5.00. The number of ether oxygens (including phenoxy) is 4. The molecule has 0 saturated heterocycles. The maximum atomic E-state index is 13.1. The van der Waals surface area contributed by atoms with Crippen molar-refractivity contribution in [3.63, 3.8) is 0 Å². The van der Waals surface area contributed by atoms with E-state index in [1.807, 2.05) is 0 Å². The van der Waals surface area contributed by atoms with Gasteiger partial charge in [-0.3, -0.25) is 4.90 Å². The maximum Gasteiger partial charge on any atom is 0.387 e. The van der Waals surface area contributed by atoms with Crippen LogP contribution in [0.3, 0.4) is 0 Å². The first-order valence-electron chi connectivity index (χ1n) is 10.0. The highest BCUT2D eigenvalue weighted by Crippen LogP contribution is 2.38. The average molecular weight is 462 g/mol. The molecule has 10 heteroatoms. The first-order chi connectivity index (χ1) is 15.9. The number of anilines is 1. The highest BCUT2D eigenvalue weighted by Gasteiger charge is 2.38. The molecule has 0 saturated carbocycles. The van der Waals surface area contributed by atoms with Gasteiger partial charge in [-0.1, -0.05) is 18.2 Å². The lowest BCUT2D eigenvalue weighted by molar-refractivity contribution is -0.140. The zero-order chi connectivity index (χ0) is 24.0. The Morgan fingerprint density at radius 2 is 1.79 bits per heavy atom. The highest BCUT2D eigenvalue weighted by molar-refractivity contribution is 6.03. The van der Waals surface area contributed by atoms with E-state index in [1.54, 1.807) is 37.3 Å². The molecule has 0 fully saturated rings. The summed E-state index contributed by atoms with van der Waals surface area (Å²) in [6.45, 7) is -1.35. The first-order valence-corrected chi connectivity index (χ1v) is 10.0. The van der Waals surface area contributed by atoms with Gasteiger partial charge in [-0.2, -0.15) is 8.78 Å². The molecule has 33 heavy (non-hydrogen) atoms. The van der Waals surface area contributed by atoms with Crippen molar-refractivity contribution in [2.24, 2.45) is 0 Å². The summed E-state index contributed by atoms with van der Waals surface area (Å²) in [7, 11) is 2.98. The molecule has 0 aromatic heterocycles. The summed E-state index contributed by atoms with van der Waals surface area (Å²) in [5.41, 5.74) is 1.03. The fourth-order valence-electron chi connectivity index (χ4n) is 3.50. The number of urea groups is 1. The maximum absolute atomic E-state index is 13.1.